The predicted molar refractivity (Wildman–Crippen MR) is 60.9 cm³/mol. The van der Waals surface area contributed by atoms with Crippen molar-refractivity contribution in [3.8, 4) is 11.3 Å². The van der Waals surface area contributed by atoms with Gasteiger partial charge >= 0.3 is 5.97 Å². The molecule has 0 aliphatic carbocycles. The molecule has 0 amide bonds. The highest BCUT2D eigenvalue weighted by Gasteiger charge is 2.17. The Morgan fingerprint density at radius 1 is 1.28 bits per heavy atom. The molecule has 1 aromatic carbocycles. The fourth-order valence-electron chi connectivity index (χ4n) is 1.55. The maximum absolute atomic E-state index is 14.0. The number of carbonyl (C=O) groups is 1. The number of esters is 1. The van der Waals surface area contributed by atoms with Crippen LogP contribution in [0.5, 0.6) is 0 Å². The highest BCUT2D eigenvalue weighted by Crippen LogP contribution is 2.23. The van der Waals surface area contributed by atoms with Crippen molar-refractivity contribution < 1.29 is 18.3 Å². The monoisotopic (exact) mass is 249 g/mol. The minimum absolute atomic E-state index is 0.0857. The zero-order valence-electron chi connectivity index (χ0n) is 9.48. The van der Waals surface area contributed by atoms with E-state index < -0.39 is 17.6 Å². The third-order valence-corrected chi connectivity index (χ3v) is 2.39. The van der Waals surface area contributed by atoms with Gasteiger partial charge in [-0.1, -0.05) is 12.1 Å². The van der Waals surface area contributed by atoms with Crippen molar-refractivity contribution in [1.82, 2.24) is 4.98 Å². The van der Waals surface area contributed by atoms with Crippen LogP contribution in [0.25, 0.3) is 11.3 Å². The van der Waals surface area contributed by atoms with Crippen molar-refractivity contribution in [1.29, 1.82) is 0 Å². The summed E-state index contributed by atoms with van der Waals surface area (Å²) in [4.78, 5) is 15.1. The Labute approximate surface area is 102 Å². The average molecular weight is 249 g/mol. The van der Waals surface area contributed by atoms with Gasteiger partial charge in [0.05, 0.1) is 12.7 Å². The van der Waals surface area contributed by atoms with E-state index in [1.165, 1.54) is 30.5 Å². The molecule has 0 spiro atoms. The van der Waals surface area contributed by atoms with E-state index in [0.29, 0.717) is 0 Å². The van der Waals surface area contributed by atoms with Gasteiger partial charge in [0.25, 0.3) is 0 Å². The van der Waals surface area contributed by atoms with Crippen LogP contribution in [0.2, 0.25) is 0 Å². The summed E-state index contributed by atoms with van der Waals surface area (Å²) in [7, 11) is 1.16. The van der Waals surface area contributed by atoms with E-state index in [1.807, 2.05) is 0 Å². The van der Waals surface area contributed by atoms with Gasteiger partial charge in [-0.15, -0.1) is 0 Å². The maximum atomic E-state index is 14.0. The topological polar surface area (TPSA) is 39.2 Å². The third-order valence-electron chi connectivity index (χ3n) is 2.39. The summed E-state index contributed by atoms with van der Waals surface area (Å²) >= 11 is 0. The number of hydrogen-bond donors (Lipinski definition) is 0. The van der Waals surface area contributed by atoms with Gasteiger partial charge in [0.2, 0.25) is 0 Å². The van der Waals surface area contributed by atoms with Gasteiger partial charge in [-0.05, 0) is 18.2 Å². The second-order valence-electron chi connectivity index (χ2n) is 3.52. The summed E-state index contributed by atoms with van der Waals surface area (Å²) in [5.41, 5.74) is -0.0533. The molecule has 1 heterocycles. The van der Waals surface area contributed by atoms with Crippen molar-refractivity contribution in [3.05, 3.63) is 53.7 Å². The van der Waals surface area contributed by atoms with E-state index in [9.17, 15) is 13.6 Å². The lowest BCUT2D eigenvalue weighted by Gasteiger charge is -2.06. The maximum Gasteiger partial charge on any atom is 0.340 e. The van der Waals surface area contributed by atoms with Crippen LogP contribution in [0.15, 0.2) is 36.5 Å². The molecule has 0 saturated carbocycles. The SMILES string of the molecule is COC(=O)c1ccnc(-c2cccc(F)c2)c1F. The van der Waals surface area contributed by atoms with Gasteiger partial charge in [-0.25, -0.2) is 13.6 Å². The van der Waals surface area contributed by atoms with Crippen LogP contribution in [0.1, 0.15) is 10.4 Å². The fourth-order valence-corrected chi connectivity index (χ4v) is 1.55. The molecule has 0 unspecified atom stereocenters. The Bertz CT molecular complexity index is 599. The molecule has 0 atom stereocenters. The van der Waals surface area contributed by atoms with Gasteiger partial charge in [-0.2, -0.15) is 0 Å². The molecule has 2 aromatic rings. The van der Waals surface area contributed by atoms with Crippen molar-refractivity contribution in [2.45, 2.75) is 0 Å². The number of hydrogen-bond acceptors (Lipinski definition) is 3. The Morgan fingerprint density at radius 2 is 2.06 bits per heavy atom. The van der Waals surface area contributed by atoms with Gasteiger partial charge < -0.3 is 4.74 Å². The number of benzene rings is 1. The summed E-state index contributed by atoms with van der Waals surface area (Å²) < 4.78 is 31.6. The number of aromatic nitrogens is 1. The number of ether oxygens (including phenoxy) is 1. The third kappa shape index (κ3) is 2.20. The smallest absolute Gasteiger partial charge is 0.340 e. The number of carbonyl (C=O) groups excluding carboxylic acids is 1. The zero-order valence-corrected chi connectivity index (χ0v) is 9.48. The summed E-state index contributed by atoms with van der Waals surface area (Å²) in [5, 5.41) is 0. The Kier molecular flexibility index (Phi) is 3.32. The van der Waals surface area contributed by atoms with Crippen LogP contribution in [0, 0.1) is 11.6 Å². The number of methoxy groups -OCH3 is 1. The first-order valence-corrected chi connectivity index (χ1v) is 5.12. The summed E-state index contributed by atoms with van der Waals surface area (Å²) in [5.74, 6) is -2.13. The lowest BCUT2D eigenvalue weighted by molar-refractivity contribution is 0.0595. The molecule has 0 radical (unpaired) electrons. The highest BCUT2D eigenvalue weighted by atomic mass is 19.1. The summed E-state index contributed by atoms with van der Waals surface area (Å²) in [6.45, 7) is 0. The number of pyridine rings is 1. The van der Waals surface area contributed by atoms with Crippen molar-refractivity contribution >= 4 is 5.97 Å². The first kappa shape index (κ1) is 12.2. The standard InChI is InChI=1S/C13H9F2NO2/c1-18-13(17)10-5-6-16-12(11(10)15)8-3-2-4-9(14)7-8/h2-7H,1H3. The molecule has 92 valence electrons. The predicted octanol–water partition coefficient (Wildman–Crippen LogP) is 2.81. The fraction of sp³-hybridized carbons (Fsp3) is 0.0769. The lowest BCUT2D eigenvalue weighted by Crippen LogP contribution is -2.06. The largest absolute Gasteiger partial charge is 0.465 e. The molecule has 0 fully saturated rings. The van der Waals surface area contributed by atoms with E-state index in [-0.39, 0.29) is 16.8 Å². The molecule has 0 bridgehead atoms. The average Bonchev–Trinajstić information content (AvgIpc) is 2.38. The molecule has 0 saturated heterocycles. The molecule has 0 aliphatic heterocycles. The second kappa shape index (κ2) is 4.91. The van der Waals surface area contributed by atoms with E-state index >= 15 is 0 Å². The lowest BCUT2D eigenvalue weighted by atomic mass is 10.1. The number of nitrogens with zero attached hydrogens (tertiary/aromatic N) is 1. The molecular weight excluding hydrogens is 240 g/mol. The van der Waals surface area contributed by atoms with E-state index in [1.54, 1.807) is 0 Å². The van der Waals surface area contributed by atoms with Gasteiger partial charge in [0, 0.05) is 11.8 Å². The minimum atomic E-state index is -0.824. The zero-order chi connectivity index (χ0) is 13.1. The second-order valence-corrected chi connectivity index (χ2v) is 3.52. The van der Waals surface area contributed by atoms with Crippen LogP contribution < -0.4 is 0 Å². The summed E-state index contributed by atoms with van der Waals surface area (Å²) in [6, 6.07) is 6.55. The highest BCUT2D eigenvalue weighted by molar-refractivity contribution is 5.90. The molecule has 1 aromatic heterocycles. The quantitative estimate of drug-likeness (QED) is 0.768. The van der Waals surface area contributed by atoms with Gasteiger partial charge in [0.15, 0.2) is 5.82 Å². The van der Waals surface area contributed by atoms with Crippen LogP contribution in [0.3, 0.4) is 0 Å². The van der Waals surface area contributed by atoms with Crippen LogP contribution >= 0.6 is 0 Å². The summed E-state index contributed by atoms with van der Waals surface area (Å²) in [6.07, 6.45) is 1.27. The Balaban J connectivity index is 2.56. The van der Waals surface area contributed by atoms with E-state index in [2.05, 4.69) is 9.72 Å². The normalized spacial score (nSPS) is 10.2. The first-order valence-electron chi connectivity index (χ1n) is 5.12. The molecule has 5 heteroatoms. The Morgan fingerprint density at radius 3 is 2.72 bits per heavy atom. The van der Waals surface area contributed by atoms with Gasteiger partial charge in [0.1, 0.15) is 11.5 Å². The van der Waals surface area contributed by atoms with Crippen LogP contribution in [0.4, 0.5) is 8.78 Å². The number of halogens is 2. The van der Waals surface area contributed by atoms with Crippen molar-refractivity contribution in [3.63, 3.8) is 0 Å². The molecule has 0 N–H and O–H groups in total. The first-order chi connectivity index (χ1) is 8.63. The van der Waals surface area contributed by atoms with Crippen LogP contribution in [-0.2, 0) is 4.74 Å². The molecule has 2 rings (SSSR count). The molecule has 3 nitrogen and oxygen atoms in total. The minimum Gasteiger partial charge on any atom is -0.465 e. The van der Waals surface area contributed by atoms with Crippen LogP contribution in [-0.4, -0.2) is 18.1 Å². The van der Waals surface area contributed by atoms with Gasteiger partial charge in [-0.3, -0.25) is 4.98 Å². The molecule has 0 aliphatic rings. The van der Waals surface area contributed by atoms with Crippen molar-refractivity contribution in [2.75, 3.05) is 7.11 Å². The number of rotatable bonds is 2. The van der Waals surface area contributed by atoms with E-state index in [0.717, 1.165) is 13.2 Å². The van der Waals surface area contributed by atoms with E-state index in [4.69, 9.17) is 0 Å². The van der Waals surface area contributed by atoms with Crippen molar-refractivity contribution in [2.24, 2.45) is 0 Å². The molecular formula is C13H9F2NO2. The molecule has 18 heavy (non-hydrogen) atoms. The Hall–Kier alpha value is -2.30.